The van der Waals surface area contributed by atoms with Crippen LogP contribution in [0.2, 0.25) is 0 Å². The largest absolute Gasteiger partial charge is 0.741 e. The number of fused-ring (bicyclic) bond motifs is 4. The number of hydrogen-bond acceptors (Lipinski definition) is 7. The number of rotatable bonds is 2. The van der Waals surface area contributed by atoms with E-state index in [2.05, 4.69) is 47.8 Å². The van der Waals surface area contributed by atoms with Gasteiger partial charge in [-0.05, 0) is 35.7 Å². The first kappa shape index (κ1) is 27.7. The van der Waals surface area contributed by atoms with Gasteiger partial charge in [-0.25, -0.2) is 17.8 Å². The van der Waals surface area contributed by atoms with Crippen molar-refractivity contribution in [3.63, 3.8) is 0 Å². The highest BCUT2D eigenvalue weighted by molar-refractivity contribution is 7.86. The molecule has 0 aliphatic carbocycles. The Hall–Kier alpha value is -3.90. The number of hydrogen-bond donors (Lipinski definition) is 0. The lowest BCUT2D eigenvalue weighted by Crippen LogP contribution is -2.26. The van der Waals surface area contributed by atoms with Crippen LogP contribution >= 0.6 is 0 Å². The zero-order valence-corrected chi connectivity index (χ0v) is 22.6. The Morgan fingerprint density at radius 2 is 1.75 bits per heavy atom. The van der Waals surface area contributed by atoms with Crippen molar-refractivity contribution in [1.82, 2.24) is 4.58 Å². The molecule has 0 amide bonds. The summed E-state index contributed by atoms with van der Waals surface area (Å²) in [6.45, 7) is 2.00. The molecule has 3 aromatic rings. The van der Waals surface area contributed by atoms with Gasteiger partial charge in [0.1, 0.15) is 25.1 Å². The Bertz CT molecular complexity index is 1780. The molecule has 0 N–H and O–H groups in total. The number of ether oxygens (including phenoxy) is 2. The van der Waals surface area contributed by atoms with Crippen LogP contribution in [0.4, 0.5) is 18.9 Å². The summed E-state index contributed by atoms with van der Waals surface area (Å²) in [7, 11) is -0.421. The number of carbonyl (C=O) groups is 1. The van der Waals surface area contributed by atoms with E-state index in [9.17, 15) is 18.0 Å². The van der Waals surface area contributed by atoms with Crippen molar-refractivity contribution in [2.75, 3.05) is 39.2 Å². The Balaban J connectivity index is 0.000000355. The van der Waals surface area contributed by atoms with Crippen molar-refractivity contribution in [1.29, 1.82) is 0 Å². The van der Waals surface area contributed by atoms with Crippen LogP contribution in [0.15, 0.2) is 48.5 Å². The maximum absolute atomic E-state index is 12.7. The number of anilines is 1. The molecule has 0 spiro atoms. The SMILES string of the molecule is COC(=O)c1ccccc1C1=c2cc3c(cc2Oc2cc4c(cc21)CCN4C)=[N+](C)CC3.O=S(=O)([O-])C(F)(F)F. The molecule has 0 bridgehead atoms. The lowest BCUT2D eigenvalue weighted by Gasteiger charge is -2.24. The molecule has 0 unspecified atom stereocenters. The van der Waals surface area contributed by atoms with Crippen LogP contribution < -0.4 is 24.8 Å². The Morgan fingerprint density at radius 1 is 1.05 bits per heavy atom. The van der Waals surface area contributed by atoms with Crippen molar-refractivity contribution in [3.05, 3.63) is 86.9 Å². The van der Waals surface area contributed by atoms with E-state index in [0.29, 0.717) is 5.56 Å². The fourth-order valence-corrected chi connectivity index (χ4v) is 5.26. The molecule has 40 heavy (non-hydrogen) atoms. The number of methoxy groups -OCH3 is 1. The van der Waals surface area contributed by atoms with Gasteiger partial charge in [0, 0.05) is 53.7 Å². The van der Waals surface area contributed by atoms with Crippen LogP contribution in [0.25, 0.3) is 5.57 Å². The zero-order valence-electron chi connectivity index (χ0n) is 21.8. The molecule has 3 aliphatic rings. The van der Waals surface area contributed by atoms with E-state index >= 15 is 0 Å². The van der Waals surface area contributed by atoms with Gasteiger partial charge < -0.3 is 18.9 Å². The fraction of sp³-hybridized carbons (Fsp3) is 0.286. The van der Waals surface area contributed by atoms with Crippen LogP contribution in [-0.2, 0) is 27.7 Å². The fourth-order valence-electron chi connectivity index (χ4n) is 5.26. The average molecular weight is 575 g/mol. The zero-order chi connectivity index (χ0) is 29.0. The van der Waals surface area contributed by atoms with Crippen LogP contribution in [0.3, 0.4) is 0 Å². The summed E-state index contributed by atoms with van der Waals surface area (Å²) in [5.41, 5.74) is 1.71. The predicted octanol–water partition coefficient (Wildman–Crippen LogP) is 2.55. The Kier molecular flexibility index (Phi) is 6.87. The highest BCUT2D eigenvalue weighted by Crippen LogP contribution is 2.42. The average Bonchev–Trinajstić information content (AvgIpc) is 3.45. The van der Waals surface area contributed by atoms with Crippen molar-refractivity contribution < 1.29 is 40.4 Å². The topological polar surface area (TPSA) is 99.0 Å². The first-order valence-electron chi connectivity index (χ1n) is 12.3. The summed E-state index contributed by atoms with van der Waals surface area (Å²) >= 11 is 0. The van der Waals surface area contributed by atoms with Crippen molar-refractivity contribution in [3.8, 4) is 11.5 Å². The molecule has 8 nitrogen and oxygen atoms in total. The maximum atomic E-state index is 12.7. The summed E-state index contributed by atoms with van der Waals surface area (Å²) in [5, 5.41) is 2.25. The Labute approximate surface area is 228 Å². The molecular formula is C28H25F3N2O6S. The summed E-state index contributed by atoms with van der Waals surface area (Å²) < 4.78 is 72.8. The molecule has 12 heteroatoms. The molecule has 0 saturated carbocycles. The van der Waals surface area contributed by atoms with Crippen LogP contribution in [-0.4, -0.2) is 58.7 Å². The van der Waals surface area contributed by atoms with E-state index in [-0.39, 0.29) is 5.97 Å². The van der Waals surface area contributed by atoms with E-state index in [0.717, 1.165) is 59.3 Å². The molecule has 3 heterocycles. The summed E-state index contributed by atoms with van der Waals surface area (Å²) in [4.78, 5) is 15.0. The van der Waals surface area contributed by atoms with Gasteiger partial charge >= 0.3 is 11.5 Å². The highest BCUT2D eigenvalue weighted by atomic mass is 32.2. The molecule has 0 aromatic heterocycles. The van der Waals surface area contributed by atoms with Crippen LogP contribution in [0.1, 0.15) is 32.6 Å². The van der Waals surface area contributed by atoms with Crippen molar-refractivity contribution >= 4 is 27.3 Å². The number of likely N-dealkylation sites (N-methyl/N-ethyl adjacent to an activating group) is 2. The molecule has 0 atom stereocenters. The first-order chi connectivity index (χ1) is 18.8. The number of esters is 1. The monoisotopic (exact) mass is 574 g/mol. The summed E-state index contributed by atoms with van der Waals surface area (Å²) in [6.07, 6.45) is 2.01. The van der Waals surface area contributed by atoms with Gasteiger partial charge in [-0.1, -0.05) is 18.2 Å². The Morgan fingerprint density at radius 3 is 2.42 bits per heavy atom. The molecule has 0 radical (unpaired) electrons. The quantitative estimate of drug-likeness (QED) is 0.157. The van der Waals surface area contributed by atoms with E-state index in [1.807, 2.05) is 24.3 Å². The third-order valence-corrected chi connectivity index (χ3v) is 7.83. The minimum Gasteiger partial charge on any atom is -0.741 e. The smallest absolute Gasteiger partial charge is 0.485 e. The number of halogens is 3. The van der Waals surface area contributed by atoms with Crippen molar-refractivity contribution in [2.24, 2.45) is 0 Å². The second-order valence-corrected chi connectivity index (χ2v) is 11.1. The van der Waals surface area contributed by atoms with Crippen LogP contribution in [0, 0.1) is 0 Å². The van der Waals surface area contributed by atoms with E-state index in [1.54, 1.807) is 0 Å². The number of alkyl halides is 3. The third-order valence-electron chi connectivity index (χ3n) is 7.26. The van der Waals surface area contributed by atoms with E-state index in [4.69, 9.17) is 22.4 Å². The first-order valence-corrected chi connectivity index (χ1v) is 13.7. The van der Waals surface area contributed by atoms with Gasteiger partial charge in [0.2, 0.25) is 5.36 Å². The summed E-state index contributed by atoms with van der Waals surface area (Å²) in [5.74, 6) is 1.34. The number of benzene rings is 3. The molecule has 3 aliphatic heterocycles. The lowest BCUT2D eigenvalue weighted by molar-refractivity contribution is -0.0517. The van der Waals surface area contributed by atoms with Gasteiger partial charge in [-0.3, -0.25) is 0 Å². The molecular weight excluding hydrogens is 549 g/mol. The normalized spacial score (nSPS) is 15.3. The van der Waals surface area contributed by atoms with Gasteiger partial charge in [0.25, 0.3) is 0 Å². The van der Waals surface area contributed by atoms with E-state index < -0.39 is 15.6 Å². The second-order valence-electron chi connectivity index (χ2n) is 9.71. The van der Waals surface area contributed by atoms with Gasteiger partial charge in [0.15, 0.2) is 10.1 Å². The van der Waals surface area contributed by atoms with Crippen LogP contribution in [0.5, 0.6) is 11.5 Å². The maximum Gasteiger partial charge on any atom is 0.485 e. The van der Waals surface area contributed by atoms with E-state index in [1.165, 1.54) is 29.3 Å². The van der Waals surface area contributed by atoms with Crippen molar-refractivity contribution in [2.45, 2.75) is 18.3 Å². The highest BCUT2D eigenvalue weighted by Gasteiger charge is 2.37. The molecule has 3 aromatic carbocycles. The number of carbonyl (C=O) groups excluding carboxylic acids is 1. The predicted molar refractivity (Wildman–Crippen MR) is 140 cm³/mol. The lowest BCUT2D eigenvalue weighted by atomic mass is 9.88. The molecule has 210 valence electrons. The standard InChI is InChI=1S/C27H25N2O3.CHF3O3S/c1-28-10-8-16-12-20-24(14-22(16)28)32-25-15-23-17(9-11-29(23)2)13-21(25)26(20)18-6-4-5-7-19(18)27(30)31-3;2-1(3,4)8(5,6)7/h4-7,12-15H,8-11H2,1-3H3;(H,5,6,7)/q+1;/p-1. The molecule has 0 fully saturated rings. The number of nitrogens with zero attached hydrogens (tertiary/aromatic N) is 2. The minimum atomic E-state index is -6.09. The van der Waals surface area contributed by atoms with Gasteiger partial charge in [-0.2, -0.15) is 13.2 Å². The van der Waals surface area contributed by atoms with Gasteiger partial charge in [0.05, 0.1) is 18.7 Å². The summed E-state index contributed by atoms with van der Waals surface area (Å²) in [6, 6.07) is 16.5. The molecule has 0 saturated heterocycles. The second kappa shape index (κ2) is 9.93. The minimum absolute atomic E-state index is 0.329. The van der Waals surface area contributed by atoms with Gasteiger partial charge in [-0.15, -0.1) is 0 Å². The molecule has 6 rings (SSSR count). The third kappa shape index (κ3) is 4.81.